The number of hydrogen-bond acceptors (Lipinski definition) is 7. The molecule has 0 unspecified atom stereocenters. The van der Waals surface area contributed by atoms with Gasteiger partial charge < -0.3 is 9.47 Å². The summed E-state index contributed by atoms with van der Waals surface area (Å²) in [5.41, 5.74) is 0.402. The summed E-state index contributed by atoms with van der Waals surface area (Å²) >= 11 is 1.18. The number of methoxy groups -OCH3 is 1. The smallest absolute Gasteiger partial charge is 0.314 e. The van der Waals surface area contributed by atoms with Crippen LogP contribution in [0.25, 0.3) is 0 Å². The van der Waals surface area contributed by atoms with Crippen LogP contribution in [0, 0.1) is 17.2 Å². The molecule has 0 radical (unpaired) electrons. The Kier molecular flexibility index (Phi) is 5.79. The monoisotopic (exact) mass is 406 g/mol. The molecular weight excluding hydrogens is 388 g/mol. The maximum Gasteiger partial charge on any atom is 0.314 e. The summed E-state index contributed by atoms with van der Waals surface area (Å²) in [5, 5.41) is 10.7. The molecule has 1 aliphatic rings. The Bertz CT molecular complexity index is 956. The second kappa shape index (κ2) is 8.08. The second-order valence-corrected chi connectivity index (χ2v) is 9.12. The predicted octanol–water partition coefficient (Wildman–Crippen LogP) is 2.63. The third-order valence-electron chi connectivity index (χ3n) is 4.38. The highest BCUT2D eigenvalue weighted by Gasteiger charge is 2.33. The van der Waals surface area contributed by atoms with E-state index in [1.54, 1.807) is 23.6 Å². The fraction of sp³-hybridized carbons (Fsp3) is 0.333. The first-order chi connectivity index (χ1) is 13.0. The largest absolute Gasteiger partial charge is 0.493 e. The van der Waals surface area contributed by atoms with Crippen molar-refractivity contribution in [3.63, 3.8) is 0 Å². The van der Waals surface area contributed by atoms with Crippen molar-refractivity contribution < 1.29 is 22.7 Å². The van der Waals surface area contributed by atoms with Crippen molar-refractivity contribution >= 4 is 27.3 Å². The van der Waals surface area contributed by atoms with E-state index in [0.29, 0.717) is 28.4 Å². The van der Waals surface area contributed by atoms with E-state index in [1.807, 2.05) is 6.07 Å². The number of sulfonamides is 1. The van der Waals surface area contributed by atoms with Gasteiger partial charge in [0.25, 0.3) is 10.0 Å². The van der Waals surface area contributed by atoms with Crippen molar-refractivity contribution in [1.82, 2.24) is 4.31 Å². The number of carbonyl (C=O) groups is 1. The van der Waals surface area contributed by atoms with Crippen LogP contribution in [-0.2, 0) is 14.8 Å². The van der Waals surface area contributed by atoms with Crippen molar-refractivity contribution in [1.29, 1.82) is 5.26 Å². The van der Waals surface area contributed by atoms with Crippen molar-refractivity contribution in [2.24, 2.45) is 5.92 Å². The summed E-state index contributed by atoms with van der Waals surface area (Å²) in [5.74, 6) is -0.262. The molecule has 0 spiro atoms. The van der Waals surface area contributed by atoms with Crippen LogP contribution in [-0.4, -0.2) is 38.9 Å². The Morgan fingerprint density at radius 2 is 2.00 bits per heavy atom. The van der Waals surface area contributed by atoms with Crippen LogP contribution in [0.4, 0.5) is 0 Å². The first-order valence-corrected chi connectivity index (χ1v) is 10.6. The van der Waals surface area contributed by atoms with Crippen molar-refractivity contribution in [2.75, 3.05) is 20.2 Å². The minimum absolute atomic E-state index is 0.245. The first-order valence-electron chi connectivity index (χ1n) is 8.29. The molecular formula is C18H18N2O5S2. The summed E-state index contributed by atoms with van der Waals surface area (Å²) < 4.78 is 37.4. The van der Waals surface area contributed by atoms with E-state index in [2.05, 4.69) is 0 Å². The molecule has 1 aromatic heterocycles. The van der Waals surface area contributed by atoms with Gasteiger partial charge >= 0.3 is 5.97 Å². The molecule has 3 rings (SSSR count). The Labute approximate surface area is 161 Å². The highest BCUT2D eigenvalue weighted by Crippen LogP contribution is 2.31. The molecule has 0 bridgehead atoms. The van der Waals surface area contributed by atoms with Gasteiger partial charge in [-0.2, -0.15) is 9.57 Å². The molecule has 0 saturated carbocycles. The molecule has 7 nitrogen and oxygen atoms in total. The zero-order valence-corrected chi connectivity index (χ0v) is 16.3. The van der Waals surface area contributed by atoms with E-state index >= 15 is 0 Å². The summed E-state index contributed by atoms with van der Waals surface area (Å²) in [6.07, 6.45) is 0.782. The number of hydrogen-bond donors (Lipinski definition) is 0. The number of thiophene rings is 1. The van der Waals surface area contributed by atoms with Crippen LogP contribution in [0.2, 0.25) is 0 Å². The van der Waals surface area contributed by atoms with Crippen molar-refractivity contribution in [3.8, 4) is 17.6 Å². The highest BCUT2D eigenvalue weighted by molar-refractivity contribution is 7.91. The van der Waals surface area contributed by atoms with Crippen LogP contribution < -0.4 is 9.47 Å². The zero-order valence-electron chi connectivity index (χ0n) is 14.6. The molecule has 1 aromatic carbocycles. The van der Waals surface area contributed by atoms with Gasteiger partial charge in [0.2, 0.25) is 0 Å². The minimum atomic E-state index is -3.50. The number of esters is 1. The minimum Gasteiger partial charge on any atom is -0.493 e. The lowest BCUT2D eigenvalue weighted by Gasteiger charge is -2.29. The molecule has 2 heterocycles. The topological polar surface area (TPSA) is 96.7 Å². The van der Waals surface area contributed by atoms with Gasteiger partial charge in [0, 0.05) is 19.2 Å². The maximum atomic E-state index is 12.5. The van der Waals surface area contributed by atoms with E-state index in [9.17, 15) is 13.2 Å². The van der Waals surface area contributed by atoms with Crippen LogP contribution in [0.15, 0.2) is 39.9 Å². The van der Waals surface area contributed by atoms with E-state index in [4.69, 9.17) is 14.7 Å². The SMILES string of the molecule is COc1cc(C#N)ccc1OC(=O)C1CCN(S(=O)(=O)c2cccs2)CC1. The Morgan fingerprint density at radius 1 is 1.26 bits per heavy atom. The van der Waals surface area contributed by atoms with Gasteiger partial charge in [0.1, 0.15) is 4.21 Å². The number of nitrogens with zero attached hydrogens (tertiary/aromatic N) is 2. The molecule has 142 valence electrons. The standard InChI is InChI=1S/C18H18N2O5S2/c1-24-16-11-13(12-19)4-5-15(16)25-18(21)14-6-8-20(9-7-14)27(22,23)17-3-2-10-26-17/h2-5,10-11,14H,6-9H2,1H3. The quantitative estimate of drug-likeness (QED) is 0.559. The number of benzene rings is 1. The maximum absolute atomic E-state index is 12.5. The molecule has 1 fully saturated rings. The van der Waals surface area contributed by atoms with Gasteiger partial charge in [-0.25, -0.2) is 8.42 Å². The highest BCUT2D eigenvalue weighted by atomic mass is 32.2. The molecule has 0 aliphatic carbocycles. The number of nitriles is 1. The number of carbonyl (C=O) groups excluding carboxylic acids is 1. The van der Waals surface area contributed by atoms with Gasteiger partial charge in [-0.3, -0.25) is 4.79 Å². The van der Waals surface area contributed by atoms with Gasteiger partial charge in [0.15, 0.2) is 11.5 Å². The van der Waals surface area contributed by atoms with Crippen molar-refractivity contribution in [2.45, 2.75) is 17.1 Å². The molecule has 1 aliphatic heterocycles. The third kappa shape index (κ3) is 4.13. The average molecular weight is 406 g/mol. The number of ether oxygens (including phenoxy) is 2. The Balaban J connectivity index is 1.63. The summed E-state index contributed by atoms with van der Waals surface area (Å²) in [4.78, 5) is 12.5. The second-order valence-electron chi connectivity index (χ2n) is 6.01. The zero-order chi connectivity index (χ0) is 19.4. The molecule has 0 atom stereocenters. The van der Waals surface area contributed by atoms with E-state index in [1.165, 1.54) is 34.9 Å². The van der Waals surface area contributed by atoms with Gasteiger partial charge in [0.05, 0.1) is 24.7 Å². The molecule has 0 amide bonds. The van der Waals surface area contributed by atoms with Gasteiger partial charge in [-0.1, -0.05) is 6.07 Å². The number of piperidine rings is 1. The van der Waals surface area contributed by atoms with Crippen LogP contribution >= 0.6 is 11.3 Å². The predicted molar refractivity (Wildman–Crippen MR) is 99.1 cm³/mol. The average Bonchev–Trinajstić information content (AvgIpc) is 3.24. The van der Waals surface area contributed by atoms with Gasteiger partial charge in [-0.05, 0) is 36.4 Å². The van der Waals surface area contributed by atoms with Crippen LogP contribution in [0.5, 0.6) is 11.5 Å². The summed E-state index contributed by atoms with van der Waals surface area (Å²) in [6, 6.07) is 9.84. The van der Waals surface area contributed by atoms with Crippen LogP contribution in [0.3, 0.4) is 0 Å². The molecule has 27 heavy (non-hydrogen) atoms. The third-order valence-corrected chi connectivity index (χ3v) is 7.65. The van der Waals surface area contributed by atoms with E-state index in [-0.39, 0.29) is 24.8 Å². The lowest BCUT2D eigenvalue weighted by atomic mass is 9.98. The fourth-order valence-corrected chi connectivity index (χ4v) is 5.50. The Morgan fingerprint density at radius 3 is 2.59 bits per heavy atom. The lowest BCUT2D eigenvalue weighted by Crippen LogP contribution is -2.40. The molecule has 2 aromatic rings. The summed E-state index contributed by atoms with van der Waals surface area (Å²) in [7, 11) is -2.06. The first kappa shape index (κ1) is 19.4. The Hall–Kier alpha value is -2.41. The lowest BCUT2D eigenvalue weighted by molar-refractivity contribution is -0.140. The van der Waals surface area contributed by atoms with Gasteiger partial charge in [-0.15, -0.1) is 11.3 Å². The molecule has 1 saturated heterocycles. The van der Waals surface area contributed by atoms with E-state index in [0.717, 1.165) is 0 Å². The fourth-order valence-electron chi connectivity index (χ4n) is 2.88. The molecule has 9 heteroatoms. The summed E-state index contributed by atoms with van der Waals surface area (Å²) in [6.45, 7) is 0.537. The van der Waals surface area contributed by atoms with E-state index < -0.39 is 16.0 Å². The van der Waals surface area contributed by atoms with Crippen LogP contribution in [0.1, 0.15) is 18.4 Å². The molecule has 0 N–H and O–H groups in total. The number of rotatable bonds is 5. The normalized spacial score (nSPS) is 15.9. The van der Waals surface area contributed by atoms with Crippen molar-refractivity contribution in [3.05, 3.63) is 41.3 Å².